The van der Waals surface area contributed by atoms with E-state index >= 15 is 0 Å². The van der Waals surface area contributed by atoms with Gasteiger partial charge in [-0.2, -0.15) is 0 Å². The molecule has 0 atom stereocenters. The van der Waals surface area contributed by atoms with Crippen molar-refractivity contribution in [2.45, 2.75) is 26.2 Å². The second-order valence-electron chi connectivity index (χ2n) is 9.53. The number of sulfonamides is 1. The van der Waals surface area contributed by atoms with E-state index in [1.54, 1.807) is 43.5 Å². The van der Waals surface area contributed by atoms with Gasteiger partial charge >= 0.3 is 0 Å². The Morgan fingerprint density at radius 1 is 1.05 bits per heavy atom. The summed E-state index contributed by atoms with van der Waals surface area (Å²) in [5.41, 5.74) is 3.19. The summed E-state index contributed by atoms with van der Waals surface area (Å²) in [7, 11) is -2.04. The minimum Gasteiger partial charge on any atom is -0.497 e. The van der Waals surface area contributed by atoms with Gasteiger partial charge in [-0.1, -0.05) is 13.0 Å². The van der Waals surface area contributed by atoms with E-state index in [2.05, 4.69) is 10.0 Å². The van der Waals surface area contributed by atoms with Crippen molar-refractivity contribution in [1.29, 1.82) is 0 Å². The normalized spacial score (nSPS) is 14.1. The number of anilines is 3. The Hall–Kier alpha value is -3.92. The highest BCUT2D eigenvalue weighted by Gasteiger charge is 2.30. The molecule has 39 heavy (non-hydrogen) atoms. The molecule has 1 amide bonds. The highest BCUT2D eigenvalue weighted by Crippen LogP contribution is 2.37. The number of nitrogens with one attached hydrogen (secondary N) is 2. The smallest absolute Gasteiger partial charge is 0.256 e. The predicted molar refractivity (Wildman–Crippen MR) is 151 cm³/mol. The average molecular weight is 554 g/mol. The molecule has 2 N–H and O–H groups in total. The number of carbonyl (C=O) groups excluding carboxylic acids is 2. The average Bonchev–Trinajstić information content (AvgIpc) is 2.92. The van der Waals surface area contributed by atoms with Gasteiger partial charge in [0.1, 0.15) is 11.6 Å². The third-order valence-electron chi connectivity index (χ3n) is 6.81. The number of Topliss-reactive ketones (excluding diaryl/α,β-unsaturated/α-hetero) is 1. The Morgan fingerprint density at radius 2 is 1.74 bits per heavy atom. The first-order valence-corrected chi connectivity index (χ1v) is 14.6. The Bertz CT molecular complexity index is 1470. The number of carbonyl (C=O) groups is 2. The molecule has 10 heteroatoms. The molecule has 0 spiro atoms. The molecule has 0 aromatic heterocycles. The third kappa shape index (κ3) is 6.75. The SMILES string of the molecule is CCc1c(C(=O)Nc2cccc(OC)c2)ccc(NS(C)(=O)=O)c1N1CCC(C(=O)c2ccc(F)cc2)CC1. The summed E-state index contributed by atoms with van der Waals surface area (Å²) in [6.45, 7) is 2.89. The second-order valence-corrected chi connectivity index (χ2v) is 11.3. The first-order valence-electron chi connectivity index (χ1n) is 12.7. The minimum absolute atomic E-state index is 0.0359. The summed E-state index contributed by atoms with van der Waals surface area (Å²) in [5, 5.41) is 2.90. The molecule has 3 aromatic rings. The van der Waals surface area contributed by atoms with E-state index in [0.717, 1.165) is 6.26 Å². The topological polar surface area (TPSA) is 105 Å². The standard InChI is InChI=1S/C29H32FN3O5S/c1-4-24-25(29(35)31-22-6-5-7-23(18-22)38-2)12-13-26(32-39(3,36)37)27(24)33-16-14-20(15-17-33)28(34)19-8-10-21(30)11-9-19/h5-13,18,20,32H,4,14-17H2,1-3H3,(H,31,35). The van der Waals surface area contributed by atoms with Crippen molar-refractivity contribution in [2.24, 2.45) is 5.92 Å². The second kappa shape index (κ2) is 11.9. The number of methoxy groups -OCH3 is 1. The molecule has 1 aliphatic rings. The first kappa shape index (κ1) is 28.1. The number of ether oxygens (including phenoxy) is 1. The summed E-state index contributed by atoms with van der Waals surface area (Å²) in [5.74, 6) is -0.382. The molecule has 0 radical (unpaired) electrons. The molecule has 0 aliphatic carbocycles. The molecule has 1 saturated heterocycles. The van der Waals surface area contributed by atoms with E-state index in [1.165, 1.54) is 24.3 Å². The maximum Gasteiger partial charge on any atom is 0.256 e. The van der Waals surface area contributed by atoms with E-state index in [1.807, 2.05) is 11.8 Å². The van der Waals surface area contributed by atoms with Gasteiger partial charge in [0.2, 0.25) is 10.0 Å². The van der Waals surface area contributed by atoms with Gasteiger partial charge in [-0.3, -0.25) is 14.3 Å². The molecule has 206 valence electrons. The van der Waals surface area contributed by atoms with Crippen molar-refractivity contribution in [1.82, 2.24) is 0 Å². The molecule has 8 nitrogen and oxygen atoms in total. The molecule has 1 heterocycles. The number of rotatable bonds is 9. The van der Waals surface area contributed by atoms with Gasteiger partial charge in [-0.05, 0) is 73.4 Å². The van der Waals surface area contributed by atoms with Crippen LogP contribution in [0, 0.1) is 11.7 Å². The van der Waals surface area contributed by atoms with E-state index in [4.69, 9.17) is 4.74 Å². The van der Waals surface area contributed by atoms with E-state index in [9.17, 15) is 22.4 Å². The van der Waals surface area contributed by atoms with E-state index in [0.29, 0.717) is 71.9 Å². The van der Waals surface area contributed by atoms with Crippen LogP contribution in [0.1, 0.15) is 46.0 Å². The van der Waals surface area contributed by atoms with Crippen LogP contribution in [0.4, 0.5) is 21.5 Å². The highest BCUT2D eigenvalue weighted by molar-refractivity contribution is 7.92. The molecule has 1 aliphatic heterocycles. The van der Waals surface area contributed by atoms with Gasteiger partial charge in [0.15, 0.2) is 5.78 Å². The van der Waals surface area contributed by atoms with Crippen molar-refractivity contribution >= 4 is 38.8 Å². The van der Waals surface area contributed by atoms with Crippen molar-refractivity contribution in [3.63, 3.8) is 0 Å². The zero-order chi connectivity index (χ0) is 28.2. The van der Waals surface area contributed by atoms with Gasteiger partial charge in [0, 0.05) is 41.9 Å². The lowest BCUT2D eigenvalue weighted by molar-refractivity contribution is 0.0900. The van der Waals surface area contributed by atoms with Crippen LogP contribution in [-0.2, 0) is 16.4 Å². The van der Waals surface area contributed by atoms with E-state index < -0.39 is 15.8 Å². The lowest BCUT2D eigenvalue weighted by Gasteiger charge is -2.36. The predicted octanol–water partition coefficient (Wildman–Crippen LogP) is 5.12. The van der Waals surface area contributed by atoms with Gasteiger partial charge in [0.25, 0.3) is 5.91 Å². The van der Waals surface area contributed by atoms with Crippen LogP contribution < -0.4 is 19.7 Å². The number of benzene rings is 3. The van der Waals surface area contributed by atoms with Crippen LogP contribution in [0.5, 0.6) is 5.75 Å². The first-order chi connectivity index (χ1) is 18.6. The summed E-state index contributed by atoms with van der Waals surface area (Å²) in [6, 6.07) is 15.8. The highest BCUT2D eigenvalue weighted by atomic mass is 32.2. The quantitative estimate of drug-likeness (QED) is 0.357. The zero-order valence-electron chi connectivity index (χ0n) is 22.2. The lowest BCUT2D eigenvalue weighted by atomic mass is 9.88. The largest absolute Gasteiger partial charge is 0.497 e. The van der Waals surface area contributed by atoms with Crippen LogP contribution in [0.2, 0.25) is 0 Å². The Labute approximate surface area is 228 Å². The summed E-state index contributed by atoms with van der Waals surface area (Å²) < 4.78 is 45.5. The molecular weight excluding hydrogens is 521 g/mol. The van der Waals surface area contributed by atoms with E-state index in [-0.39, 0.29) is 17.6 Å². The Morgan fingerprint density at radius 3 is 2.36 bits per heavy atom. The Balaban J connectivity index is 1.63. The van der Waals surface area contributed by atoms with Crippen LogP contribution in [0.3, 0.4) is 0 Å². The number of hydrogen-bond acceptors (Lipinski definition) is 6. The van der Waals surface area contributed by atoms with Crippen LogP contribution >= 0.6 is 0 Å². The maximum absolute atomic E-state index is 13.4. The van der Waals surface area contributed by atoms with Gasteiger partial charge in [0.05, 0.1) is 24.7 Å². The molecule has 0 unspecified atom stereocenters. The van der Waals surface area contributed by atoms with Crippen molar-refractivity contribution < 1.29 is 27.1 Å². The fraction of sp³-hybridized carbons (Fsp3) is 0.310. The van der Waals surface area contributed by atoms with Crippen molar-refractivity contribution in [3.8, 4) is 5.75 Å². The third-order valence-corrected chi connectivity index (χ3v) is 7.41. The van der Waals surface area contributed by atoms with Gasteiger partial charge < -0.3 is 15.0 Å². The molecule has 3 aromatic carbocycles. The number of nitrogens with zero attached hydrogens (tertiary/aromatic N) is 1. The lowest BCUT2D eigenvalue weighted by Crippen LogP contribution is -2.37. The minimum atomic E-state index is -3.59. The number of amides is 1. The fourth-order valence-corrected chi connectivity index (χ4v) is 5.53. The molecule has 0 saturated carbocycles. The number of hydrogen-bond donors (Lipinski definition) is 2. The van der Waals surface area contributed by atoms with Crippen LogP contribution in [0.15, 0.2) is 60.7 Å². The van der Waals surface area contributed by atoms with Crippen LogP contribution in [-0.4, -0.2) is 46.6 Å². The number of piperidine rings is 1. The van der Waals surface area contributed by atoms with Crippen molar-refractivity contribution in [2.75, 3.05) is 41.4 Å². The summed E-state index contributed by atoms with van der Waals surface area (Å²) in [4.78, 5) is 28.4. The van der Waals surface area contributed by atoms with Gasteiger partial charge in [-0.15, -0.1) is 0 Å². The van der Waals surface area contributed by atoms with Crippen molar-refractivity contribution in [3.05, 3.63) is 83.2 Å². The van der Waals surface area contributed by atoms with Crippen LogP contribution in [0.25, 0.3) is 0 Å². The molecular formula is C29H32FN3O5S. The number of ketones is 1. The molecule has 1 fully saturated rings. The molecule has 4 rings (SSSR count). The number of halogens is 1. The van der Waals surface area contributed by atoms with Gasteiger partial charge in [-0.25, -0.2) is 12.8 Å². The summed E-state index contributed by atoms with van der Waals surface area (Å²) >= 11 is 0. The molecule has 0 bridgehead atoms. The Kier molecular flexibility index (Phi) is 8.54. The maximum atomic E-state index is 13.4. The monoisotopic (exact) mass is 553 g/mol. The fourth-order valence-electron chi connectivity index (χ4n) is 4.96. The zero-order valence-corrected chi connectivity index (χ0v) is 23.0. The summed E-state index contributed by atoms with van der Waals surface area (Å²) in [6.07, 6.45) is 2.64.